The first kappa shape index (κ1) is 7.87. The highest BCUT2D eigenvalue weighted by molar-refractivity contribution is 7.93. The van der Waals surface area contributed by atoms with E-state index in [-0.39, 0.29) is 10.6 Å². The summed E-state index contributed by atoms with van der Waals surface area (Å²) in [6.45, 7) is 0. The summed E-state index contributed by atoms with van der Waals surface area (Å²) in [5, 5.41) is 19.0. The van der Waals surface area contributed by atoms with Crippen LogP contribution in [-0.2, 0) is 0 Å². The quantitative estimate of drug-likeness (QED) is 0.417. The second-order valence-electron chi connectivity index (χ2n) is 1.78. The summed E-state index contributed by atoms with van der Waals surface area (Å²) in [4.78, 5) is 10.2. The van der Waals surface area contributed by atoms with Crippen molar-refractivity contribution in [2.24, 2.45) is 0 Å². The molecular weight excluding hydrogens is 166 g/mol. The number of phenolic OH excluding ortho intramolecular Hbond substituents is 1. The highest BCUT2D eigenvalue weighted by Crippen LogP contribution is 2.27. The van der Waals surface area contributed by atoms with E-state index in [0.717, 1.165) is 0 Å². The predicted molar refractivity (Wildman–Crippen MR) is 41.0 cm³/mol. The number of aromatic hydroxyl groups is 1. The second-order valence-corrected chi connectivity index (χ2v) is 2.70. The third kappa shape index (κ3) is 2.12. The van der Waals surface area contributed by atoms with Crippen LogP contribution in [0.25, 0.3) is 0 Å². The average Bonchev–Trinajstić information content (AvgIpc) is 1.93. The molecule has 11 heavy (non-hydrogen) atoms. The van der Waals surface area contributed by atoms with Crippen molar-refractivity contribution in [3.63, 3.8) is 0 Å². The van der Waals surface area contributed by atoms with Crippen molar-refractivity contribution in [2.45, 2.75) is 4.90 Å². The van der Waals surface area contributed by atoms with E-state index in [4.69, 9.17) is 5.11 Å². The molecule has 0 fully saturated rings. The highest BCUT2D eigenvalue weighted by Gasteiger charge is 2.08. The Kier molecular flexibility index (Phi) is 2.32. The first-order chi connectivity index (χ1) is 5.20. The summed E-state index contributed by atoms with van der Waals surface area (Å²) in [5.41, 5.74) is 0. The molecule has 0 aromatic heterocycles. The second kappa shape index (κ2) is 3.25. The van der Waals surface area contributed by atoms with Gasteiger partial charge in [0.05, 0.1) is 0 Å². The van der Waals surface area contributed by atoms with Gasteiger partial charge in [-0.3, -0.25) is 10.1 Å². The fourth-order valence-corrected chi connectivity index (χ4v) is 1.08. The SMILES string of the molecule is O=[N+]([O-])Sc1ccccc1O. The lowest BCUT2D eigenvalue weighted by Crippen LogP contribution is -1.82. The topological polar surface area (TPSA) is 63.4 Å². The fourth-order valence-electron chi connectivity index (χ4n) is 0.615. The van der Waals surface area contributed by atoms with Gasteiger partial charge in [0, 0.05) is 0 Å². The molecule has 0 aliphatic carbocycles. The van der Waals surface area contributed by atoms with E-state index >= 15 is 0 Å². The van der Waals surface area contributed by atoms with Gasteiger partial charge in [0.25, 0.3) is 11.9 Å². The highest BCUT2D eigenvalue weighted by atomic mass is 32.2. The van der Waals surface area contributed by atoms with Crippen molar-refractivity contribution in [3.8, 4) is 5.75 Å². The number of nitro groups is 1. The van der Waals surface area contributed by atoms with E-state index in [1.54, 1.807) is 12.1 Å². The van der Waals surface area contributed by atoms with Gasteiger partial charge < -0.3 is 5.11 Å². The molecule has 58 valence electrons. The van der Waals surface area contributed by atoms with Crippen molar-refractivity contribution in [1.82, 2.24) is 0 Å². The lowest BCUT2D eigenvalue weighted by Gasteiger charge is -1.93. The van der Waals surface area contributed by atoms with Gasteiger partial charge in [-0.25, -0.2) is 0 Å². The summed E-state index contributed by atoms with van der Waals surface area (Å²) in [5.74, 6) is -0.0609. The molecule has 0 heterocycles. The number of hydrogen-bond acceptors (Lipinski definition) is 4. The maximum atomic E-state index is 9.98. The molecule has 0 aliphatic heterocycles. The molecule has 0 saturated heterocycles. The zero-order chi connectivity index (χ0) is 8.27. The van der Waals surface area contributed by atoms with E-state index in [2.05, 4.69) is 0 Å². The van der Waals surface area contributed by atoms with Crippen LogP contribution in [-0.4, -0.2) is 9.44 Å². The minimum atomic E-state index is -0.560. The minimum Gasteiger partial charge on any atom is -0.507 e. The largest absolute Gasteiger partial charge is 0.507 e. The van der Waals surface area contributed by atoms with Crippen molar-refractivity contribution >= 4 is 11.9 Å². The zero-order valence-electron chi connectivity index (χ0n) is 5.43. The molecule has 0 atom stereocenters. The van der Waals surface area contributed by atoms with Gasteiger partial charge >= 0.3 is 0 Å². The summed E-state index contributed by atoms with van der Waals surface area (Å²) in [6, 6.07) is 6.14. The van der Waals surface area contributed by atoms with Gasteiger partial charge in [-0.15, -0.1) is 0 Å². The van der Waals surface area contributed by atoms with Gasteiger partial charge in [0.2, 0.25) is 0 Å². The van der Waals surface area contributed by atoms with Gasteiger partial charge in [-0.1, -0.05) is 12.1 Å². The van der Waals surface area contributed by atoms with Crippen molar-refractivity contribution in [2.75, 3.05) is 0 Å². The Labute approximate surface area is 67.1 Å². The number of hydrogen-bond donors (Lipinski definition) is 1. The van der Waals surface area contributed by atoms with Crippen molar-refractivity contribution in [3.05, 3.63) is 34.4 Å². The summed E-state index contributed by atoms with van der Waals surface area (Å²) in [6.07, 6.45) is 0. The number of nitrogens with zero attached hydrogens (tertiary/aromatic N) is 1. The Hall–Kier alpha value is -1.23. The molecule has 0 unspecified atom stereocenters. The molecule has 5 heteroatoms. The Morgan fingerprint density at radius 2 is 2.09 bits per heavy atom. The average molecular weight is 171 g/mol. The monoisotopic (exact) mass is 171 g/mol. The van der Waals surface area contributed by atoms with Crippen LogP contribution in [0.15, 0.2) is 29.2 Å². The molecule has 0 saturated carbocycles. The molecule has 1 aromatic rings. The Bertz CT molecular complexity index is 276. The number of rotatable bonds is 2. The zero-order valence-corrected chi connectivity index (χ0v) is 6.25. The fraction of sp³-hybridized carbons (Fsp3) is 0. The Morgan fingerprint density at radius 1 is 1.45 bits per heavy atom. The van der Waals surface area contributed by atoms with Crippen LogP contribution >= 0.6 is 11.9 Å². The molecule has 0 amide bonds. The van der Waals surface area contributed by atoms with Gasteiger partial charge in [0.1, 0.15) is 15.0 Å². The molecule has 0 bridgehead atoms. The molecule has 1 aromatic carbocycles. The maximum absolute atomic E-state index is 9.98. The minimum absolute atomic E-state index is 0.0609. The molecule has 1 rings (SSSR count). The van der Waals surface area contributed by atoms with Crippen LogP contribution in [0.5, 0.6) is 5.75 Å². The summed E-state index contributed by atoms with van der Waals surface area (Å²) in [7, 11) is 0. The van der Waals surface area contributed by atoms with Gasteiger partial charge in [-0.05, 0) is 12.1 Å². The molecule has 1 N–H and O–H groups in total. The number of benzene rings is 1. The lowest BCUT2D eigenvalue weighted by atomic mass is 10.3. The molecule has 0 aliphatic rings. The van der Waals surface area contributed by atoms with Crippen molar-refractivity contribution in [1.29, 1.82) is 0 Å². The van der Waals surface area contributed by atoms with E-state index < -0.39 is 4.33 Å². The molecular formula is C6H5NO3S. The Morgan fingerprint density at radius 3 is 2.64 bits per heavy atom. The standard InChI is InChI=1S/C6H5NO3S/c8-5-3-1-2-4-6(5)11-7(9)10/h1-4,8H. The lowest BCUT2D eigenvalue weighted by molar-refractivity contribution is -0.284. The molecule has 0 spiro atoms. The predicted octanol–water partition coefficient (Wildman–Crippen LogP) is 1.68. The normalized spacial score (nSPS) is 9.45. The van der Waals surface area contributed by atoms with Crippen LogP contribution in [0.1, 0.15) is 0 Å². The molecule has 0 radical (unpaired) electrons. The smallest absolute Gasteiger partial charge is 0.269 e. The third-order valence-corrected chi connectivity index (χ3v) is 1.73. The number of para-hydroxylation sites is 1. The van der Waals surface area contributed by atoms with E-state index in [0.29, 0.717) is 11.9 Å². The first-order valence-electron chi connectivity index (χ1n) is 2.80. The first-order valence-corrected chi connectivity index (χ1v) is 3.58. The van der Waals surface area contributed by atoms with Crippen LogP contribution in [0.2, 0.25) is 0 Å². The third-order valence-electron chi connectivity index (χ3n) is 1.04. The van der Waals surface area contributed by atoms with E-state index in [9.17, 15) is 10.1 Å². The van der Waals surface area contributed by atoms with Crippen LogP contribution in [0.4, 0.5) is 0 Å². The summed E-state index contributed by atoms with van der Waals surface area (Å²) >= 11 is 0.397. The maximum Gasteiger partial charge on any atom is 0.269 e. The van der Waals surface area contributed by atoms with Gasteiger partial charge in [0.15, 0.2) is 0 Å². The van der Waals surface area contributed by atoms with Gasteiger partial charge in [-0.2, -0.15) is 0 Å². The van der Waals surface area contributed by atoms with Crippen molar-refractivity contribution < 1.29 is 9.44 Å². The molecule has 4 nitrogen and oxygen atoms in total. The van der Waals surface area contributed by atoms with Crippen LogP contribution in [0, 0.1) is 10.1 Å². The summed E-state index contributed by atoms with van der Waals surface area (Å²) < 4.78 is -0.560. The van der Waals surface area contributed by atoms with E-state index in [1.165, 1.54) is 12.1 Å². The van der Waals surface area contributed by atoms with Crippen LogP contribution in [0.3, 0.4) is 0 Å². The van der Waals surface area contributed by atoms with Crippen LogP contribution < -0.4 is 0 Å². The number of phenols is 1. The van der Waals surface area contributed by atoms with E-state index in [1.807, 2.05) is 0 Å². The Balaban J connectivity index is 2.86.